The van der Waals surface area contributed by atoms with Gasteiger partial charge in [-0.25, -0.2) is 13.9 Å². The SMILES string of the molecule is CCCCC/C=C\C/C=C\CC1OC1C/C=C\CCCC(=O)O[C@H](COC(=O)CCCCCCCCC/C=C\CCCCCCCC)COP(=O)(O)OP(=O)(O)OC[C@H]1O[C@@H](n2ccc(N)nc2=O)[C@H](O)[C@@H]1O. The second-order valence-electron chi connectivity index (χ2n) is 18.8. The van der Waals surface area contributed by atoms with Gasteiger partial charge in [0.2, 0.25) is 0 Å². The van der Waals surface area contributed by atoms with Gasteiger partial charge >= 0.3 is 33.3 Å². The van der Waals surface area contributed by atoms with Crippen LogP contribution >= 0.6 is 15.6 Å². The van der Waals surface area contributed by atoms with Gasteiger partial charge in [-0.15, -0.1) is 0 Å². The highest BCUT2D eigenvalue weighted by Crippen LogP contribution is 2.60. The minimum atomic E-state index is -5.44. The molecule has 2 aliphatic rings. The van der Waals surface area contributed by atoms with Crippen molar-refractivity contribution in [1.82, 2.24) is 9.55 Å². The number of phosphoric ester groups is 2. The zero-order chi connectivity index (χ0) is 53.2. The van der Waals surface area contributed by atoms with Crippen LogP contribution in [0.5, 0.6) is 0 Å². The molecule has 2 aliphatic heterocycles. The fraction of sp³-hybridized carbons (Fsp3) is 0.731. The molecule has 2 saturated heterocycles. The third-order valence-electron chi connectivity index (χ3n) is 12.3. The third-order valence-corrected chi connectivity index (χ3v) is 14.9. The summed E-state index contributed by atoms with van der Waals surface area (Å²) in [6, 6.07) is 1.24. The minimum Gasteiger partial charge on any atom is -0.462 e. The topological polar surface area (TPSA) is 278 Å². The number of aliphatic hydroxyl groups is 2. The van der Waals surface area contributed by atoms with Crippen LogP contribution in [0.15, 0.2) is 65.7 Å². The zero-order valence-corrected chi connectivity index (χ0v) is 45.2. The highest BCUT2D eigenvalue weighted by atomic mass is 31.3. The summed E-state index contributed by atoms with van der Waals surface area (Å²) in [7, 11) is -10.9. The first-order valence-corrected chi connectivity index (χ1v) is 29.8. The molecule has 0 saturated carbocycles. The van der Waals surface area contributed by atoms with E-state index in [1.54, 1.807) is 0 Å². The number of aliphatic hydroxyl groups excluding tert-OH is 2. The molecule has 19 nitrogen and oxygen atoms in total. The smallest absolute Gasteiger partial charge is 0.462 e. The van der Waals surface area contributed by atoms with Crippen LogP contribution in [0.2, 0.25) is 0 Å². The number of nitrogens with two attached hydrogens (primary N) is 1. The molecule has 0 aromatic carbocycles. The van der Waals surface area contributed by atoms with Crippen molar-refractivity contribution in [3.05, 3.63) is 71.4 Å². The predicted octanol–water partition coefficient (Wildman–Crippen LogP) is 10.3. The Bertz CT molecular complexity index is 1980. The van der Waals surface area contributed by atoms with Gasteiger partial charge in [-0.3, -0.25) is 23.2 Å². The number of hydrogen-bond acceptors (Lipinski definition) is 16. The maximum absolute atomic E-state index is 12.9. The average molecular weight is 1070 g/mol. The van der Waals surface area contributed by atoms with E-state index in [-0.39, 0.29) is 30.9 Å². The Morgan fingerprint density at radius 2 is 1.19 bits per heavy atom. The van der Waals surface area contributed by atoms with E-state index in [9.17, 15) is 43.5 Å². The summed E-state index contributed by atoms with van der Waals surface area (Å²) in [5, 5.41) is 20.9. The number of nitrogen functional groups attached to an aromatic ring is 1. The highest BCUT2D eigenvalue weighted by Gasteiger charge is 2.46. The van der Waals surface area contributed by atoms with Crippen LogP contribution < -0.4 is 11.4 Å². The van der Waals surface area contributed by atoms with E-state index in [1.165, 1.54) is 63.9 Å². The molecule has 6 N–H and O–H groups in total. The van der Waals surface area contributed by atoms with Crippen molar-refractivity contribution >= 4 is 33.4 Å². The molecule has 0 bridgehead atoms. The summed E-state index contributed by atoms with van der Waals surface area (Å²) >= 11 is 0. The number of rotatable bonds is 43. The molecule has 21 heteroatoms. The summed E-state index contributed by atoms with van der Waals surface area (Å²) < 4.78 is 62.6. The molecule has 9 atom stereocenters. The van der Waals surface area contributed by atoms with Crippen LogP contribution in [-0.4, -0.2) is 97.9 Å². The molecule has 2 fully saturated rings. The average Bonchev–Trinajstić information content (AvgIpc) is 4.04. The standard InChI is InChI=1S/C52H87N3O16P2/c1-3-5-7-9-11-13-14-15-16-17-18-19-20-22-24-26-31-35-47(56)65-39-42(68-48(57)36-32-28-27-30-34-44-43(69-44)33-29-25-23-21-12-10-8-6-4-2)40-66-72(61,62)71-73(63,64)67-41-45-49(58)50(59)51(70-45)55-38-37-46(53)54-52(55)60/h12,15-16,21,25,27,29-30,37-38,42-45,49-51,58-59H,3-11,13-14,17-20,22-24,26,28,31-36,39-41H2,1-2H3,(H,61,62)(H,63,64)(H2,53,54,60)/b16-15-,21-12-,29-25-,30-27-/t42-,43?,44?,45-,49-,50-,51-/m1/s1. The van der Waals surface area contributed by atoms with Crippen LogP contribution in [-0.2, 0) is 51.0 Å². The lowest BCUT2D eigenvalue weighted by molar-refractivity contribution is -0.161. The van der Waals surface area contributed by atoms with E-state index in [0.717, 1.165) is 87.8 Å². The van der Waals surface area contributed by atoms with E-state index in [4.69, 9.17) is 33.7 Å². The first-order chi connectivity index (χ1) is 35.1. The number of esters is 2. The number of epoxide rings is 1. The van der Waals surface area contributed by atoms with Crippen LogP contribution in [0.3, 0.4) is 0 Å². The van der Waals surface area contributed by atoms with E-state index in [2.05, 4.69) is 59.6 Å². The number of nitrogens with zero attached hydrogens (tertiary/aromatic N) is 2. The number of phosphoric acid groups is 2. The molecule has 4 unspecified atom stereocenters. The Labute approximate surface area is 433 Å². The maximum Gasteiger partial charge on any atom is 0.481 e. The van der Waals surface area contributed by atoms with Gasteiger partial charge in [-0.1, -0.05) is 140 Å². The van der Waals surface area contributed by atoms with Crippen molar-refractivity contribution < 1.29 is 71.0 Å². The van der Waals surface area contributed by atoms with E-state index in [0.29, 0.717) is 19.3 Å². The lowest BCUT2D eigenvalue weighted by atomic mass is 10.1. The molecular weight excluding hydrogens is 985 g/mol. The Balaban J connectivity index is 1.40. The zero-order valence-electron chi connectivity index (χ0n) is 43.4. The van der Waals surface area contributed by atoms with Crippen LogP contribution in [0.4, 0.5) is 5.82 Å². The number of aromatic nitrogens is 2. The third kappa shape index (κ3) is 29.5. The van der Waals surface area contributed by atoms with Gasteiger partial charge < -0.3 is 44.7 Å². The van der Waals surface area contributed by atoms with Gasteiger partial charge in [0, 0.05) is 19.0 Å². The number of anilines is 1. The van der Waals surface area contributed by atoms with Crippen molar-refractivity contribution in [2.75, 3.05) is 25.6 Å². The fourth-order valence-corrected chi connectivity index (χ4v) is 10.1. The van der Waals surface area contributed by atoms with Crippen molar-refractivity contribution in [2.24, 2.45) is 0 Å². The van der Waals surface area contributed by atoms with Crippen molar-refractivity contribution in [2.45, 2.75) is 224 Å². The second kappa shape index (κ2) is 37.4. The largest absolute Gasteiger partial charge is 0.481 e. The Morgan fingerprint density at radius 1 is 0.671 bits per heavy atom. The molecule has 3 heterocycles. The fourth-order valence-electron chi connectivity index (χ4n) is 7.99. The summed E-state index contributed by atoms with van der Waals surface area (Å²) in [5.74, 6) is -1.38. The quantitative estimate of drug-likeness (QED) is 0.0134. The number of hydrogen-bond donors (Lipinski definition) is 5. The van der Waals surface area contributed by atoms with Gasteiger partial charge in [-0.05, 0) is 83.1 Å². The van der Waals surface area contributed by atoms with Crippen molar-refractivity contribution in [3.63, 3.8) is 0 Å². The second-order valence-corrected chi connectivity index (χ2v) is 21.8. The number of carbonyl (C=O) groups excluding carboxylic acids is 2. The molecule has 0 radical (unpaired) electrons. The molecule has 73 heavy (non-hydrogen) atoms. The van der Waals surface area contributed by atoms with Crippen LogP contribution in [0, 0.1) is 0 Å². The molecule has 0 spiro atoms. The van der Waals surface area contributed by atoms with E-state index >= 15 is 0 Å². The van der Waals surface area contributed by atoms with Gasteiger partial charge in [-0.2, -0.15) is 9.29 Å². The van der Waals surface area contributed by atoms with E-state index < -0.39 is 83.7 Å². The first kappa shape index (κ1) is 64.0. The minimum absolute atomic E-state index is 0.0355. The summed E-state index contributed by atoms with van der Waals surface area (Å²) in [6.07, 6.45) is 36.4. The molecule has 1 aromatic heterocycles. The van der Waals surface area contributed by atoms with E-state index in [1.807, 2.05) is 12.2 Å². The molecule has 3 rings (SSSR count). The molecular formula is C52H87N3O16P2. The summed E-state index contributed by atoms with van der Waals surface area (Å²) in [5.41, 5.74) is 4.59. The number of carbonyl (C=O) groups is 2. The molecule has 1 aromatic rings. The van der Waals surface area contributed by atoms with Crippen molar-refractivity contribution in [1.29, 1.82) is 0 Å². The Hall–Kier alpha value is -3.32. The number of ether oxygens (including phenoxy) is 4. The first-order valence-electron chi connectivity index (χ1n) is 26.8. The highest BCUT2D eigenvalue weighted by molar-refractivity contribution is 7.61. The molecule has 0 amide bonds. The number of unbranched alkanes of at least 4 members (excludes halogenated alkanes) is 17. The van der Waals surface area contributed by atoms with Gasteiger partial charge in [0.05, 0.1) is 25.4 Å². The lowest BCUT2D eigenvalue weighted by Crippen LogP contribution is -2.36. The van der Waals surface area contributed by atoms with Gasteiger partial charge in [0.25, 0.3) is 0 Å². The van der Waals surface area contributed by atoms with Crippen LogP contribution in [0.1, 0.15) is 187 Å². The Morgan fingerprint density at radius 3 is 1.85 bits per heavy atom. The predicted molar refractivity (Wildman–Crippen MR) is 279 cm³/mol. The summed E-state index contributed by atoms with van der Waals surface area (Å²) in [6.45, 7) is 2.07. The van der Waals surface area contributed by atoms with Crippen LogP contribution in [0.25, 0.3) is 0 Å². The number of allylic oxidation sites excluding steroid dienone is 6. The normalized spacial score (nSPS) is 22.1. The maximum atomic E-state index is 12.9. The summed E-state index contributed by atoms with van der Waals surface area (Å²) in [4.78, 5) is 62.1. The monoisotopic (exact) mass is 1070 g/mol. The lowest BCUT2D eigenvalue weighted by Gasteiger charge is -2.21. The Kier molecular flexibility index (Phi) is 32.8. The van der Waals surface area contributed by atoms with Gasteiger partial charge in [0.15, 0.2) is 12.3 Å². The molecule has 416 valence electrons. The van der Waals surface area contributed by atoms with Crippen molar-refractivity contribution in [3.8, 4) is 0 Å². The van der Waals surface area contributed by atoms with Gasteiger partial charge in [0.1, 0.15) is 30.7 Å². The molecule has 0 aliphatic carbocycles.